The van der Waals surface area contributed by atoms with Gasteiger partial charge in [0.1, 0.15) is 9.84 Å². The molecule has 5 nitrogen and oxygen atoms in total. The van der Waals surface area contributed by atoms with Gasteiger partial charge in [0, 0.05) is 31.8 Å². The summed E-state index contributed by atoms with van der Waals surface area (Å²) in [5.41, 5.74) is 1.36. The summed E-state index contributed by atoms with van der Waals surface area (Å²) in [5.74, 6) is 1.43. The van der Waals surface area contributed by atoms with Gasteiger partial charge in [-0.1, -0.05) is 30.3 Å². The number of nitrogens with zero attached hydrogens (tertiary/aromatic N) is 2. The number of aliphatic imine (C=N–C) groups is 1. The fraction of sp³-hybridized carbons (Fsp3) is 0.562. The van der Waals surface area contributed by atoms with Crippen LogP contribution in [-0.4, -0.2) is 57.5 Å². The van der Waals surface area contributed by atoms with Crippen molar-refractivity contribution < 1.29 is 8.42 Å². The molecule has 1 saturated heterocycles. The summed E-state index contributed by atoms with van der Waals surface area (Å²) in [7, 11) is -2.97. The van der Waals surface area contributed by atoms with Crippen LogP contribution >= 0.6 is 0 Å². The van der Waals surface area contributed by atoms with Crippen molar-refractivity contribution in [1.82, 2.24) is 10.2 Å². The standard InChI is InChI=1S/C16H25N3O2S/c1-3-17-16(18-10-12-22(2,20)21)19-11-9-15(13-19)14-7-5-4-6-8-14/h4-8,15H,3,9-13H2,1-2H3,(H,17,18). The summed E-state index contributed by atoms with van der Waals surface area (Å²) in [4.78, 5) is 6.69. The Bertz CT molecular complexity index is 599. The van der Waals surface area contributed by atoms with Crippen LogP contribution in [0.4, 0.5) is 0 Å². The minimum Gasteiger partial charge on any atom is -0.357 e. The predicted molar refractivity (Wildman–Crippen MR) is 91.1 cm³/mol. The normalized spacial score (nSPS) is 19.5. The van der Waals surface area contributed by atoms with Crippen molar-refractivity contribution in [2.45, 2.75) is 19.3 Å². The Labute approximate surface area is 133 Å². The van der Waals surface area contributed by atoms with Crippen molar-refractivity contribution in [3.05, 3.63) is 35.9 Å². The van der Waals surface area contributed by atoms with Gasteiger partial charge in [-0.25, -0.2) is 8.42 Å². The molecule has 22 heavy (non-hydrogen) atoms. The molecule has 1 aliphatic rings. The average molecular weight is 323 g/mol. The van der Waals surface area contributed by atoms with Crippen molar-refractivity contribution in [2.75, 3.05) is 38.2 Å². The maximum absolute atomic E-state index is 11.2. The fourth-order valence-electron chi connectivity index (χ4n) is 2.69. The van der Waals surface area contributed by atoms with E-state index in [9.17, 15) is 8.42 Å². The zero-order chi connectivity index (χ0) is 16.0. The second-order valence-corrected chi connectivity index (χ2v) is 7.97. The summed E-state index contributed by atoms with van der Waals surface area (Å²) >= 11 is 0. The molecule has 0 radical (unpaired) electrons. The summed E-state index contributed by atoms with van der Waals surface area (Å²) in [6.45, 7) is 4.99. The predicted octanol–water partition coefficient (Wildman–Crippen LogP) is 1.49. The smallest absolute Gasteiger partial charge is 0.193 e. The van der Waals surface area contributed by atoms with Gasteiger partial charge in [-0.2, -0.15) is 0 Å². The Morgan fingerprint density at radius 2 is 2.09 bits per heavy atom. The number of rotatable bonds is 5. The molecule has 1 aromatic rings. The Balaban J connectivity index is 1.99. The molecular formula is C16H25N3O2S. The highest BCUT2D eigenvalue weighted by atomic mass is 32.2. The molecule has 1 heterocycles. The molecule has 1 N–H and O–H groups in total. The van der Waals surface area contributed by atoms with Crippen LogP contribution in [0.2, 0.25) is 0 Å². The lowest BCUT2D eigenvalue weighted by Crippen LogP contribution is -2.40. The summed E-state index contributed by atoms with van der Waals surface area (Å²) in [5, 5.41) is 3.26. The Morgan fingerprint density at radius 1 is 1.36 bits per heavy atom. The van der Waals surface area contributed by atoms with Gasteiger partial charge < -0.3 is 10.2 Å². The minimum absolute atomic E-state index is 0.0951. The van der Waals surface area contributed by atoms with Gasteiger partial charge in [-0.3, -0.25) is 4.99 Å². The largest absolute Gasteiger partial charge is 0.357 e. The van der Waals surface area contributed by atoms with E-state index in [1.165, 1.54) is 11.8 Å². The first-order valence-corrected chi connectivity index (χ1v) is 9.81. The molecule has 122 valence electrons. The second-order valence-electron chi connectivity index (χ2n) is 5.71. The lowest BCUT2D eigenvalue weighted by atomic mass is 9.99. The van der Waals surface area contributed by atoms with Gasteiger partial charge in [0.05, 0.1) is 12.3 Å². The van der Waals surface area contributed by atoms with Gasteiger partial charge in [0.25, 0.3) is 0 Å². The van der Waals surface area contributed by atoms with Gasteiger partial charge in [-0.15, -0.1) is 0 Å². The van der Waals surface area contributed by atoms with Crippen LogP contribution in [0.1, 0.15) is 24.8 Å². The number of benzene rings is 1. The van der Waals surface area contributed by atoms with Crippen LogP contribution < -0.4 is 5.32 Å². The molecule has 0 aromatic heterocycles. The van der Waals surface area contributed by atoms with E-state index in [1.54, 1.807) is 0 Å². The van der Waals surface area contributed by atoms with Crippen LogP contribution in [-0.2, 0) is 9.84 Å². The SMILES string of the molecule is CCNC(=NCCS(C)(=O)=O)N1CCC(c2ccccc2)C1. The first-order chi connectivity index (χ1) is 10.5. The maximum Gasteiger partial charge on any atom is 0.193 e. The molecule has 1 atom stereocenters. The van der Waals surface area contributed by atoms with Gasteiger partial charge in [0.2, 0.25) is 0 Å². The molecule has 0 amide bonds. The van der Waals surface area contributed by atoms with Crippen molar-refractivity contribution in [3.8, 4) is 0 Å². The molecule has 6 heteroatoms. The van der Waals surface area contributed by atoms with E-state index in [-0.39, 0.29) is 5.75 Å². The lowest BCUT2D eigenvalue weighted by molar-refractivity contribution is 0.487. The highest BCUT2D eigenvalue weighted by Gasteiger charge is 2.25. The zero-order valence-corrected chi connectivity index (χ0v) is 14.1. The van der Waals surface area contributed by atoms with E-state index < -0.39 is 9.84 Å². The van der Waals surface area contributed by atoms with Crippen LogP contribution in [0.25, 0.3) is 0 Å². The zero-order valence-electron chi connectivity index (χ0n) is 13.3. The Kier molecular flexibility index (Phi) is 5.83. The van der Waals surface area contributed by atoms with Crippen LogP contribution in [0.15, 0.2) is 35.3 Å². The first kappa shape index (κ1) is 16.8. The third-order valence-electron chi connectivity index (χ3n) is 3.82. The average Bonchev–Trinajstić information content (AvgIpc) is 2.96. The van der Waals surface area contributed by atoms with Crippen molar-refractivity contribution in [1.29, 1.82) is 0 Å². The molecule has 2 rings (SSSR count). The molecule has 1 unspecified atom stereocenters. The Morgan fingerprint density at radius 3 is 2.73 bits per heavy atom. The van der Waals surface area contributed by atoms with Gasteiger partial charge in [-0.05, 0) is 18.9 Å². The highest BCUT2D eigenvalue weighted by Crippen LogP contribution is 2.26. The maximum atomic E-state index is 11.2. The molecule has 1 aliphatic heterocycles. The number of nitrogens with one attached hydrogen (secondary N) is 1. The molecule has 1 aromatic carbocycles. The van der Waals surface area contributed by atoms with Crippen molar-refractivity contribution in [2.24, 2.45) is 4.99 Å². The molecule has 0 aliphatic carbocycles. The third-order valence-corrected chi connectivity index (χ3v) is 4.74. The van der Waals surface area contributed by atoms with Gasteiger partial charge >= 0.3 is 0 Å². The summed E-state index contributed by atoms with van der Waals surface area (Å²) < 4.78 is 22.5. The van der Waals surface area contributed by atoms with Crippen molar-refractivity contribution in [3.63, 3.8) is 0 Å². The topological polar surface area (TPSA) is 61.8 Å². The molecular weight excluding hydrogens is 298 g/mol. The minimum atomic E-state index is -2.97. The van der Waals surface area contributed by atoms with E-state index in [4.69, 9.17) is 0 Å². The summed E-state index contributed by atoms with van der Waals surface area (Å²) in [6.07, 6.45) is 2.34. The van der Waals surface area contributed by atoms with Crippen LogP contribution in [0.3, 0.4) is 0 Å². The van der Waals surface area contributed by atoms with Crippen LogP contribution in [0.5, 0.6) is 0 Å². The lowest BCUT2D eigenvalue weighted by Gasteiger charge is -2.21. The van der Waals surface area contributed by atoms with E-state index in [1.807, 2.05) is 13.0 Å². The van der Waals surface area contributed by atoms with E-state index in [0.717, 1.165) is 32.0 Å². The molecule has 0 bridgehead atoms. The van der Waals surface area contributed by atoms with E-state index in [2.05, 4.69) is 39.5 Å². The first-order valence-electron chi connectivity index (χ1n) is 7.75. The summed E-state index contributed by atoms with van der Waals surface area (Å²) in [6, 6.07) is 10.5. The fourth-order valence-corrected chi connectivity index (χ4v) is 3.12. The van der Waals surface area contributed by atoms with Crippen LogP contribution in [0, 0.1) is 0 Å². The number of hydrogen-bond donors (Lipinski definition) is 1. The number of sulfone groups is 1. The second kappa shape index (κ2) is 7.63. The Hall–Kier alpha value is -1.56. The third kappa shape index (κ3) is 5.02. The van der Waals surface area contributed by atoms with Gasteiger partial charge in [0.15, 0.2) is 5.96 Å². The number of hydrogen-bond acceptors (Lipinski definition) is 3. The van der Waals surface area contributed by atoms with Crippen molar-refractivity contribution >= 4 is 15.8 Å². The number of guanidine groups is 1. The number of likely N-dealkylation sites (tertiary alicyclic amines) is 1. The molecule has 0 saturated carbocycles. The monoisotopic (exact) mass is 323 g/mol. The highest BCUT2D eigenvalue weighted by molar-refractivity contribution is 7.90. The molecule has 0 spiro atoms. The molecule has 1 fully saturated rings. The van der Waals surface area contributed by atoms with E-state index >= 15 is 0 Å². The van der Waals surface area contributed by atoms with E-state index in [0.29, 0.717) is 12.5 Å². The quantitative estimate of drug-likeness (QED) is 0.659.